The first kappa shape index (κ1) is 14.2. The van der Waals surface area contributed by atoms with Gasteiger partial charge in [0.15, 0.2) is 0 Å². The third kappa shape index (κ3) is 7.16. The van der Waals surface area contributed by atoms with Gasteiger partial charge in [-0.3, -0.25) is 0 Å². The summed E-state index contributed by atoms with van der Waals surface area (Å²) in [5.41, 5.74) is 0. The maximum absolute atomic E-state index is 11.5. The van der Waals surface area contributed by atoms with Crippen molar-refractivity contribution in [1.29, 1.82) is 0 Å². The van der Waals surface area contributed by atoms with Crippen LogP contribution in [-0.4, -0.2) is 67.8 Å². The largest absolute Gasteiger partial charge is 0.395 e. The van der Waals surface area contributed by atoms with Crippen molar-refractivity contribution in [3.05, 3.63) is 0 Å². The number of carbonyl (C=O) groups is 1. The monoisotopic (exact) mass is 217 g/mol. The second-order valence-corrected chi connectivity index (χ2v) is 4.09. The molecule has 0 aromatic carbocycles. The fraction of sp³-hybridized carbons (Fsp3) is 0.900. The highest BCUT2D eigenvalue weighted by Crippen LogP contribution is 1.94. The Morgan fingerprint density at radius 3 is 2.40 bits per heavy atom. The molecule has 0 saturated carbocycles. The van der Waals surface area contributed by atoms with E-state index in [9.17, 15) is 4.79 Å². The third-order valence-corrected chi connectivity index (χ3v) is 2.16. The maximum atomic E-state index is 11.5. The van der Waals surface area contributed by atoms with Gasteiger partial charge in [-0.1, -0.05) is 0 Å². The Bertz CT molecular complexity index is 186. The molecule has 0 rings (SSSR count). The second-order valence-electron chi connectivity index (χ2n) is 4.09. The van der Waals surface area contributed by atoms with Crippen molar-refractivity contribution in [2.24, 2.45) is 0 Å². The summed E-state index contributed by atoms with van der Waals surface area (Å²) < 4.78 is 0. The van der Waals surface area contributed by atoms with Crippen LogP contribution in [0, 0.1) is 0 Å². The minimum Gasteiger partial charge on any atom is -0.395 e. The van der Waals surface area contributed by atoms with Gasteiger partial charge in [-0.15, -0.1) is 0 Å². The number of likely N-dealkylation sites (N-methyl/N-ethyl adjacent to an activating group) is 1. The van der Waals surface area contributed by atoms with Crippen molar-refractivity contribution in [3.8, 4) is 0 Å². The first-order valence-corrected chi connectivity index (χ1v) is 5.24. The summed E-state index contributed by atoms with van der Waals surface area (Å²) in [5, 5.41) is 11.5. The minimum absolute atomic E-state index is 0.00397. The fourth-order valence-electron chi connectivity index (χ4n) is 1.10. The van der Waals surface area contributed by atoms with E-state index in [1.165, 1.54) is 4.90 Å². The second kappa shape index (κ2) is 7.48. The molecule has 0 aliphatic heterocycles. The Labute approximate surface area is 92.0 Å². The van der Waals surface area contributed by atoms with E-state index >= 15 is 0 Å². The molecule has 0 aliphatic carbocycles. The molecular weight excluding hydrogens is 194 g/mol. The lowest BCUT2D eigenvalue weighted by molar-refractivity contribution is 0.186. The van der Waals surface area contributed by atoms with Gasteiger partial charge in [0.2, 0.25) is 0 Å². The fourth-order valence-corrected chi connectivity index (χ4v) is 1.10. The molecule has 0 fully saturated rings. The van der Waals surface area contributed by atoms with Gasteiger partial charge in [0.25, 0.3) is 0 Å². The number of hydrogen-bond acceptors (Lipinski definition) is 3. The van der Waals surface area contributed by atoms with E-state index in [-0.39, 0.29) is 18.7 Å². The topological polar surface area (TPSA) is 55.8 Å². The molecule has 1 atom stereocenters. The van der Waals surface area contributed by atoms with E-state index in [1.807, 2.05) is 21.0 Å². The lowest BCUT2D eigenvalue weighted by Crippen LogP contribution is -2.43. The molecule has 0 saturated heterocycles. The summed E-state index contributed by atoms with van der Waals surface area (Å²) in [5.74, 6) is 0. The van der Waals surface area contributed by atoms with Crippen LogP contribution in [0.5, 0.6) is 0 Å². The number of aliphatic hydroxyl groups excluding tert-OH is 1. The number of hydrogen-bond donors (Lipinski definition) is 2. The molecule has 15 heavy (non-hydrogen) atoms. The summed E-state index contributed by atoms with van der Waals surface area (Å²) in [6.07, 6.45) is 0.922. The molecule has 0 aromatic rings. The van der Waals surface area contributed by atoms with Crippen LogP contribution in [0.2, 0.25) is 0 Å². The highest BCUT2D eigenvalue weighted by molar-refractivity contribution is 5.74. The van der Waals surface area contributed by atoms with Gasteiger partial charge in [-0.05, 0) is 34.0 Å². The van der Waals surface area contributed by atoms with Gasteiger partial charge in [0.05, 0.1) is 6.61 Å². The SMILES string of the molecule is CC(CCN(C)C)NC(=O)N(C)CCO. The minimum atomic E-state index is -0.129. The summed E-state index contributed by atoms with van der Waals surface area (Å²) in [6, 6.07) is 0.0244. The lowest BCUT2D eigenvalue weighted by Gasteiger charge is -2.21. The molecule has 1 unspecified atom stereocenters. The van der Waals surface area contributed by atoms with Gasteiger partial charge in [0.1, 0.15) is 0 Å². The number of urea groups is 1. The van der Waals surface area contributed by atoms with E-state index in [4.69, 9.17) is 5.11 Å². The van der Waals surface area contributed by atoms with Crippen LogP contribution in [0.25, 0.3) is 0 Å². The highest BCUT2D eigenvalue weighted by atomic mass is 16.3. The molecule has 2 N–H and O–H groups in total. The van der Waals surface area contributed by atoms with Crippen molar-refractivity contribution in [2.45, 2.75) is 19.4 Å². The average molecular weight is 217 g/mol. The van der Waals surface area contributed by atoms with Crippen molar-refractivity contribution in [2.75, 3.05) is 40.8 Å². The normalized spacial score (nSPS) is 12.7. The summed E-state index contributed by atoms with van der Waals surface area (Å²) in [6.45, 7) is 3.29. The number of aliphatic hydroxyl groups is 1. The van der Waals surface area contributed by atoms with Crippen molar-refractivity contribution < 1.29 is 9.90 Å². The number of nitrogens with zero attached hydrogens (tertiary/aromatic N) is 2. The van der Waals surface area contributed by atoms with Crippen LogP contribution in [0.4, 0.5) is 4.79 Å². The Hall–Kier alpha value is -0.810. The molecule has 2 amide bonds. The van der Waals surface area contributed by atoms with Crippen LogP contribution in [0.3, 0.4) is 0 Å². The molecule has 0 aliphatic rings. The zero-order valence-corrected chi connectivity index (χ0v) is 10.2. The van der Waals surface area contributed by atoms with Crippen LogP contribution < -0.4 is 5.32 Å². The summed E-state index contributed by atoms with van der Waals surface area (Å²) >= 11 is 0. The summed E-state index contributed by atoms with van der Waals surface area (Å²) in [7, 11) is 5.68. The van der Waals surface area contributed by atoms with Gasteiger partial charge in [-0.25, -0.2) is 4.79 Å². The van der Waals surface area contributed by atoms with Crippen molar-refractivity contribution in [1.82, 2.24) is 15.1 Å². The molecule has 5 heteroatoms. The number of rotatable bonds is 6. The highest BCUT2D eigenvalue weighted by Gasteiger charge is 2.10. The quantitative estimate of drug-likeness (QED) is 0.656. The lowest BCUT2D eigenvalue weighted by atomic mass is 10.2. The zero-order chi connectivity index (χ0) is 11.8. The van der Waals surface area contributed by atoms with Gasteiger partial charge >= 0.3 is 6.03 Å². The summed E-state index contributed by atoms with van der Waals surface area (Å²) in [4.78, 5) is 15.0. The van der Waals surface area contributed by atoms with Crippen molar-refractivity contribution in [3.63, 3.8) is 0 Å². The Morgan fingerprint density at radius 1 is 1.33 bits per heavy atom. The number of nitrogens with one attached hydrogen (secondary N) is 1. The predicted molar refractivity (Wildman–Crippen MR) is 60.9 cm³/mol. The Kier molecular flexibility index (Phi) is 7.07. The third-order valence-electron chi connectivity index (χ3n) is 2.16. The number of amides is 2. The Balaban J connectivity index is 3.75. The average Bonchev–Trinajstić information content (AvgIpc) is 2.15. The van der Waals surface area contributed by atoms with E-state index < -0.39 is 0 Å². The maximum Gasteiger partial charge on any atom is 0.317 e. The zero-order valence-electron chi connectivity index (χ0n) is 10.2. The molecule has 0 radical (unpaired) electrons. The van der Waals surface area contributed by atoms with Crippen LogP contribution >= 0.6 is 0 Å². The van der Waals surface area contributed by atoms with Crippen LogP contribution in [0.15, 0.2) is 0 Å². The standard InChI is InChI=1S/C10H23N3O2/c1-9(5-6-12(2)3)11-10(15)13(4)7-8-14/h9,14H,5-8H2,1-4H3,(H,11,15). The van der Waals surface area contributed by atoms with Gasteiger partial charge < -0.3 is 20.2 Å². The smallest absolute Gasteiger partial charge is 0.317 e. The predicted octanol–water partition coefficient (Wildman–Crippen LogP) is -0.0397. The Morgan fingerprint density at radius 2 is 1.93 bits per heavy atom. The van der Waals surface area contributed by atoms with E-state index in [0.717, 1.165) is 13.0 Å². The van der Waals surface area contributed by atoms with Crippen molar-refractivity contribution >= 4 is 6.03 Å². The molecule has 0 bridgehead atoms. The van der Waals surface area contributed by atoms with E-state index in [1.54, 1.807) is 7.05 Å². The molecule has 0 spiro atoms. The molecule has 90 valence electrons. The van der Waals surface area contributed by atoms with E-state index in [2.05, 4.69) is 10.2 Å². The molecule has 0 aromatic heterocycles. The van der Waals surface area contributed by atoms with Crippen LogP contribution in [-0.2, 0) is 0 Å². The first-order chi connectivity index (χ1) is 6.97. The first-order valence-electron chi connectivity index (χ1n) is 5.24. The molecule has 0 heterocycles. The van der Waals surface area contributed by atoms with Crippen LogP contribution in [0.1, 0.15) is 13.3 Å². The van der Waals surface area contributed by atoms with Gasteiger partial charge in [0, 0.05) is 19.6 Å². The van der Waals surface area contributed by atoms with Gasteiger partial charge in [-0.2, -0.15) is 0 Å². The molecule has 5 nitrogen and oxygen atoms in total. The van der Waals surface area contributed by atoms with E-state index in [0.29, 0.717) is 6.54 Å². The molecular formula is C10H23N3O2. The number of carbonyl (C=O) groups excluding carboxylic acids is 1.